The van der Waals surface area contributed by atoms with Crippen LogP contribution >= 0.6 is 11.8 Å². The average Bonchev–Trinajstić information content (AvgIpc) is 2.98. The number of amides is 2. The van der Waals surface area contributed by atoms with Crippen LogP contribution in [0.5, 0.6) is 0 Å². The minimum Gasteiger partial charge on any atom is -0.548 e. The van der Waals surface area contributed by atoms with Crippen molar-refractivity contribution in [3.63, 3.8) is 0 Å². The topological polar surface area (TPSA) is 133 Å². The molecule has 2 N–H and O–H groups in total. The Morgan fingerprint density at radius 1 is 1.28 bits per heavy atom. The van der Waals surface area contributed by atoms with Gasteiger partial charge in [-0.15, -0.1) is 11.8 Å². The van der Waals surface area contributed by atoms with E-state index in [0.29, 0.717) is 5.56 Å². The third-order valence-electron chi connectivity index (χ3n) is 5.48. The van der Waals surface area contributed by atoms with Gasteiger partial charge in [0.1, 0.15) is 17.5 Å². The van der Waals surface area contributed by atoms with Gasteiger partial charge < -0.3 is 25.3 Å². The van der Waals surface area contributed by atoms with Gasteiger partial charge in [0.2, 0.25) is 11.8 Å². The van der Waals surface area contributed by atoms with Crippen molar-refractivity contribution in [1.82, 2.24) is 9.80 Å². The van der Waals surface area contributed by atoms with E-state index in [9.17, 15) is 24.3 Å². The number of hydrogen-bond donors (Lipinski definition) is 1. The second-order valence-electron chi connectivity index (χ2n) is 7.93. The van der Waals surface area contributed by atoms with Crippen molar-refractivity contribution in [1.29, 1.82) is 0 Å². The quantitative estimate of drug-likeness (QED) is 0.193. The Balaban J connectivity index is 0.00000363. The number of allylic oxidation sites excluding steroid dienone is 1. The van der Waals surface area contributed by atoms with Gasteiger partial charge in [0.25, 0.3) is 0 Å². The van der Waals surface area contributed by atoms with E-state index in [-0.39, 0.29) is 57.1 Å². The molecule has 2 aliphatic rings. The molecular formula is C21H24KN3O6S. The van der Waals surface area contributed by atoms with E-state index in [1.165, 1.54) is 35.6 Å². The zero-order valence-electron chi connectivity index (χ0n) is 18.6. The smallest absolute Gasteiger partial charge is 0.548 e. The molecule has 166 valence electrons. The van der Waals surface area contributed by atoms with Crippen molar-refractivity contribution in [3.8, 4) is 0 Å². The summed E-state index contributed by atoms with van der Waals surface area (Å²) in [4.78, 5) is 52.4. The number of thioether (sulfide) groups is 1. The number of carboxylic acids is 1. The summed E-state index contributed by atoms with van der Waals surface area (Å²) in [7, 11) is 1.20. The minimum absolute atomic E-state index is 0. The molecule has 3 rings (SSSR count). The number of fused-ring (bicyclic) bond motifs is 1. The maximum absolute atomic E-state index is 13.4. The van der Waals surface area contributed by atoms with Crippen LogP contribution in [0.25, 0.3) is 0 Å². The van der Waals surface area contributed by atoms with Gasteiger partial charge in [0.15, 0.2) is 0 Å². The number of carbonyl (C=O) groups is 4. The minimum atomic E-state index is -1.35. The molecule has 2 heterocycles. The van der Waals surface area contributed by atoms with Crippen LogP contribution in [0.1, 0.15) is 32.4 Å². The number of β-lactam (4-membered cyclic amide) rings is 1. The first-order valence-corrected chi connectivity index (χ1v) is 10.5. The molecule has 0 aliphatic carbocycles. The number of aliphatic carboxylic acids is 1. The molecule has 0 bridgehead atoms. The molecule has 1 aromatic rings. The number of carbonyl (C=O) groups excluding carboxylic acids is 4. The number of esters is 1. The van der Waals surface area contributed by atoms with Gasteiger partial charge in [-0.2, -0.15) is 0 Å². The number of rotatable bonds is 6. The Kier molecular flexibility index (Phi) is 8.76. The van der Waals surface area contributed by atoms with Crippen molar-refractivity contribution in [2.24, 2.45) is 5.73 Å². The predicted molar refractivity (Wildman–Crippen MR) is 111 cm³/mol. The Morgan fingerprint density at radius 3 is 2.41 bits per heavy atom. The van der Waals surface area contributed by atoms with Crippen molar-refractivity contribution in [2.75, 3.05) is 7.11 Å². The molecule has 2 aliphatic heterocycles. The molecule has 1 aromatic carbocycles. The SMILES string of the molecule is COC(=O)C=C(C)N(C(=O)C(N)c1ccccc1)[C@@H]1C(=O)N2[C@@H]1SC(C)(C)[C@@H]2C(=O)[O-].[K+]. The fourth-order valence-corrected chi connectivity index (χ4v) is 5.66. The van der Waals surface area contributed by atoms with Crippen LogP contribution in [-0.4, -0.2) is 62.9 Å². The summed E-state index contributed by atoms with van der Waals surface area (Å²) < 4.78 is 3.84. The second kappa shape index (κ2) is 10.4. The van der Waals surface area contributed by atoms with Gasteiger partial charge in [-0.1, -0.05) is 30.3 Å². The zero-order valence-corrected chi connectivity index (χ0v) is 22.5. The summed E-state index contributed by atoms with van der Waals surface area (Å²) in [6.45, 7) is 4.92. The molecule has 4 atom stereocenters. The summed E-state index contributed by atoms with van der Waals surface area (Å²) >= 11 is 1.27. The van der Waals surface area contributed by atoms with Gasteiger partial charge in [-0.3, -0.25) is 14.5 Å². The van der Waals surface area contributed by atoms with Crippen LogP contribution < -0.4 is 62.2 Å². The number of carboxylic acid groups (broad SMARTS) is 1. The number of nitrogens with zero attached hydrogens (tertiary/aromatic N) is 2. The van der Waals surface area contributed by atoms with Crippen LogP contribution in [0.3, 0.4) is 0 Å². The van der Waals surface area contributed by atoms with E-state index in [1.54, 1.807) is 44.2 Å². The Hall–Kier alpha value is -1.21. The van der Waals surface area contributed by atoms with E-state index >= 15 is 0 Å². The van der Waals surface area contributed by atoms with Crippen molar-refractivity contribution < 1.29 is 80.4 Å². The van der Waals surface area contributed by atoms with Gasteiger partial charge in [-0.05, 0) is 26.3 Å². The largest absolute Gasteiger partial charge is 1.00 e. The normalized spacial score (nSPS) is 24.5. The molecule has 11 heteroatoms. The molecule has 32 heavy (non-hydrogen) atoms. The molecule has 1 unspecified atom stereocenters. The molecule has 0 aromatic heterocycles. The van der Waals surface area contributed by atoms with Gasteiger partial charge >= 0.3 is 57.4 Å². The Morgan fingerprint density at radius 2 is 1.88 bits per heavy atom. The molecule has 2 amide bonds. The molecule has 0 saturated carbocycles. The summed E-state index contributed by atoms with van der Waals surface area (Å²) in [5, 5.41) is 11.1. The predicted octanol–water partition coefficient (Wildman–Crippen LogP) is -3.22. The van der Waals surface area contributed by atoms with E-state index < -0.39 is 52.0 Å². The van der Waals surface area contributed by atoms with Gasteiger partial charge in [0, 0.05) is 16.5 Å². The van der Waals surface area contributed by atoms with Crippen LogP contribution in [0.15, 0.2) is 42.1 Å². The zero-order chi connectivity index (χ0) is 23.1. The van der Waals surface area contributed by atoms with E-state index in [4.69, 9.17) is 5.73 Å². The average molecular weight is 486 g/mol. The van der Waals surface area contributed by atoms with Crippen LogP contribution in [-0.2, 0) is 23.9 Å². The number of nitrogens with two attached hydrogens (primary N) is 1. The van der Waals surface area contributed by atoms with Crippen molar-refractivity contribution in [2.45, 2.75) is 49.0 Å². The maximum Gasteiger partial charge on any atom is 1.00 e. The summed E-state index contributed by atoms with van der Waals surface area (Å²) in [6.07, 6.45) is 1.10. The van der Waals surface area contributed by atoms with Gasteiger partial charge in [-0.25, -0.2) is 4.79 Å². The summed E-state index contributed by atoms with van der Waals surface area (Å²) in [5.41, 5.74) is 6.92. The number of benzene rings is 1. The fourth-order valence-electron chi connectivity index (χ4n) is 3.99. The van der Waals surface area contributed by atoms with Crippen molar-refractivity contribution in [3.05, 3.63) is 47.7 Å². The molecule has 0 spiro atoms. The van der Waals surface area contributed by atoms with Crippen LogP contribution in [0.4, 0.5) is 0 Å². The third kappa shape index (κ3) is 4.84. The monoisotopic (exact) mass is 485 g/mol. The first-order chi connectivity index (χ1) is 14.5. The van der Waals surface area contributed by atoms with Gasteiger partial charge in [0.05, 0.1) is 19.1 Å². The molecular weight excluding hydrogens is 461 g/mol. The fraction of sp³-hybridized carbons (Fsp3) is 0.429. The maximum atomic E-state index is 13.4. The Bertz CT molecular complexity index is 954. The number of hydrogen-bond acceptors (Lipinski definition) is 8. The van der Waals surface area contributed by atoms with Crippen LogP contribution in [0.2, 0.25) is 0 Å². The molecule has 0 radical (unpaired) electrons. The van der Waals surface area contributed by atoms with Crippen LogP contribution in [0, 0.1) is 0 Å². The Labute approximate surface area is 233 Å². The standard InChI is InChI=1S/C21H25N3O6S.K/c1-11(10-13(25)30-4)23(17(26)14(22)12-8-6-5-7-9-12)15-18(27)24-16(20(28)29)21(2,3)31-19(15)24;/h5-10,14-16,19H,22H2,1-4H3,(H,28,29);/q;+1/p-1/t14?,15-,16+,19-;/m1./s1. The second-order valence-corrected chi connectivity index (χ2v) is 9.70. The van der Waals surface area contributed by atoms with E-state index in [0.717, 1.165) is 6.08 Å². The first kappa shape index (κ1) is 27.0. The van der Waals surface area contributed by atoms with E-state index in [2.05, 4.69) is 4.74 Å². The number of ether oxygens (including phenoxy) is 1. The third-order valence-corrected chi connectivity index (χ3v) is 7.04. The molecule has 2 saturated heterocycles. The van der Waals surface area contributed by atoms with E-state index in [1.807, 2.05) is 0 Å². The van der Waals surface area contributed by atoms with Crippen molar-refractivity contribution >= 4 is 35.5 Å². The molecule has 2 fully saturated rings. The summed E-state index contributed by atoms with van der Waals surface area (Å²) in [5.74, 6) is -3.17. The first-order valence-electron chi connectivity index (χ1n) is 9.62. The number of methoxy groups -OCH3 is 1. The molecule has 9 nitrogen and oxygen atoms in total. The summed E-state index contributed by atoms with van der Waals surface area (Å²) in [6, 6.07) is 5.42.